The van der Waals surface area contributed by atoms with E-state index in [-0.39, 0.29) is 0 Å². The van der Waals surface area contributed by atoms with Crippen LogP contribution in [0, 0.1) is 0 Å². The van der Waals surface area contributed by atoms with E-state index in [4.69, 9.17) is 0 Å². The Morgan fingerprint density at radius 3 is 2.69 bits per heavy atom. The number of aryl methyl sites for hydroxylation is 1. The molecule has 2 nitrogen and oxygen atoms in total. The van der Waals surface area contributed by atoms with Gasteiger partial charge >= 0.3 is 0 Å². The SMILES string of the molecule is CCN1/C(=C/C=C/c2sc3ccc4sccc4c3[n+]2CC)Sc2ccc3ccccc3c21. The number of anilines is 1. The van der Waals surface area contributed by atoms with Crippen molar-refractivity contribution in [1.29, 1.82) is 0 Å². The zero-order valence-electron chi connectivity index (χ0n) is 18.0. The van der Waals surface area contributed by atoms with Crippen LogP contribution < -0.4 is 9.47 Å². The second-order valence-corrected chi connectivity index (χ2v) is 10.8. The first-order valence-corrected chi connectivity index (χ1v) is 13.5. The fourth-order valence-electron chi connectivity index (χ4n) is 4.61. The number of fused-ring (bicyclic) bond motifs is 6. The molecule has 0 amide bonds. The van der Waals surface area contributed by atoms with Crippen LogP contribution >= 0.6 is 34.4 Å². The largest absolute Gasteiger partial charge is 0.335 e. The fraction of sp³-hybridized carbons (Fsp3) is 0.148. The number of thiophene rings is 1. The molecule has 2 aromatic heterocycles. The normalized spacial score (nSPS) is 15.2. The molecule has 3 aromatic carbocycles. The predicted octanol–water partition coefficient (Wildman–Crippen LogP) is 8.06. The number of nitrogens with zero attached hydrogens (tertiary/aromatic N) is 2. The Hall–Kier alpha value is -2.60. The average Bonchev–Trinajstić information content (AvgIpc) is 3.52. The molecule has 3 heterocycles. The minimum Gasteiger partial charge on any atom is -0.335 e. The third-order valence-corrected chi connectivity index (χ3v) is 9.16. The first-order chi connectivity index (χ1) is 15.8. The first kappa shape index (κ1) is 20.0. The van der Waals surface area contributed by atoms with Crippen LogP contribution in [0.4, 0.5) is 5.69 Å². The molecule has 32 heavy (non-hydrogen) atoms. The van der Waals surface area contributed by atoms with E-state index in [2.05, 4.69) is 102 Å². The van der Waals surface area contributed by atoms with Crippen LogP contribution in [0.2, 0.25) is 0 Å². The van der Waals surface area contributed by atoms with Crippen LogP contribution in [0.1, 0.15) is 18.9 Å². The van der Waals surface area contributed by atoms with Crippen molar-refractivity contribution in [3.05, 3.63) is 82.2 Å². The summed E-state index contributed by atoms with van der Waals surface area (Å²) in [5.74, 6) is 0. The lowest BCUT2D eigenvalue weighted by Crippen LogP contribution is -2.33. The minimum absolute atomic E-state index is 0.960. The molecule has 0 atom stereocenters. The number of allylic oxidation sites excluding steroid dienone is 2. The summed E-state index contributed by atoms with van der Waals surface area (Å²) < 4.78 is 5.17. The van der Waals surface area contributed by atoms with Gasteiger partial charge in [-0.05, 0) is 55.0 Å². The van der Waals surface area contributed by atoms with Crippen molar-refractivity contribution in [3.8, 4) is 0 Å². The molecular formula is C27H23N2S3+. The van der Waals surface area contributed by atoms with Crippen LogP contribution in [0.5, 0.6) is 0 Å². The third-order valence-electron chi connectivity index (χ3n) is 6.04. The molecule has 0 spiro atoms. The number of aromatic nitrogens is 1. The van der Waals surface area contributed by atoms with Gasteiger partial charge in [-0.3, -0.25) is 0 Å². The highest BCUT2D eigenvalue weighted by atomic mass is 32.2. The lowest BCUT2D eigenvalue weighted by Gasteiger charge is -2.19. The van der Waals surface area contributed by atoms with Crippen molar-refractivity contribution in [1.82, 2.24) is 0 Å². The summed E-state index contributed by atoms with van der Waals surface area (Å²) in [5.41, 5.74) is 2.72. The maximum atomic E-state index is 2.45. The second kappa shape index (κ2) is 8.07. The quantitative estimate of drug-likeness (QED) is 0.245. The molecule has 0 N–H and O–H groups in total. The average molecular weight is 472 g/mol. The lowest BCUT2D eigenvalue weighted by atomic mass is 10.1. The summed E-state index contributed by atoms with van der Waals surface area (Å²) >= 11 is 5.56. The molecule has 158 valence electrons. The molecule has 0 bridgehead atoms. The number of thioether (sulfide) groups is 1. The Morgan fingerprint density at radius 1 is 0.938 bits per heavy atom. The Bertz CT molecular complexity index is 1540. The molecule has 6 rings (SSSR count). The van der Waals surface area contributed by atoms with E-state index >= 15 is 0 Å². The van der Waals surface area contributed by atoms with Gasteiger partial charge in [-0.2, -0.15) is 4.57 Å². The van der Waals surface area contributed by atoms with E-state index in [0.717, 1.165) is 13.1 Å². The molecular weight excluding hydrogens is 449 g/mol. The van der Waals surface area contributed by atoms with Crippen LogP contribution in [0.15, 0.2) is 82.1 Å². The van der Waals surface area contributed by atoms with Crippen molar-refractivity contribution in [2.75, 3.05) is 11.4 Å². The standard InChI is InChI=1S/C27H23N2S3/c1-3-28-24(31-22-13-12-18-8-5-6-9-19(18)26(22)28)10-7-11-25-29(4-2)27-20-16-17-30-21(20)14-15-23(27)32-25/h5-17H,3-4H2,1-2H3/q+1. The van der Waals surface area contributed by atoms with Gasteiger partial charge in [-0.1, -0.05) is 59.5 Å². The van der Waals surface area contributed by atoms with Crippen LogP contribution in [0.3, 0.4) is 0 Å². The number of thiazole rings is 1. The van der Waals surface area contributed by atoms with Gasteiger partial charge in [-0.25, -0.2) is 0 Å². The van der Waals surface area contributed by atoms with E-state index in [1.165, 1.54) is 51.7 Å². The van der Waals surface area contributed by atoms with Crippen molar-refractivity contribution >= 4 is 77.3 Å². The highest BCUT2D eigenvalue weighted by Gasteiger charge is 2.25. The van der Waals surface area contributed by atoms with E-state index in [9.17, 15) is 0 Å². The molecule has 0 saturated heterocycles. The number of hydrogen-bond donors (Lipinski definition) is 0. The summed E-state index contributed by atoms with van der Waals surface area (Å²) in [5, 5.41) is 8.79. The monoisotopic (exact) mass is 471 g/mol. The topological polar surface area (TPSA) is 7.12 Å². The van der Waals surface area contributed by atoms with E-state index < -0.39 is 0 Å². The zero-order valence-corrected chi connectivity index (χ0v) is 20.5. The van der Waals surface area contributed by atoms with Crippen molar-refractivity contribution < 1.29 is 4.57 Å². The zero-order chi connectivity index (χ0) is 21.7. The highest BCUT2D eigenvalue weighted by Crippen LogP contribution is 2.49. The Balaban J connectivity index is 1.39. The molecule has 0 radical (unpaired) electrons. The van der Waals surface area contributed by atoms with Gasteiger partial charge in [0.15, 0.2) is 0 Å². The van der Waals surface area contributed by atoms with Crippen LogP contribution in [0.25, 0.3) is 37.2 Å². The van der Waals surface area contributed by atoms with E-state index in [1.807, 2.05) is 34.4 Å². The molecule has 5 heteroatoms. The molecule has 5 aromatic rings. The van der Waals surface area contributed by atoms with Crippen molar-refractivity contribution in [2.45, 2.75) is 25.3 Å². The highest BCUT2D eigenvalue weighted by molar-refractivity contribution is 8.03. The van der Waals surface area contributed by atoms with Gasteiger partial charge < -0.3 is 4.90 Å². The molecule has 0 fully saturated rings. The smallest absolute Gasteiger partial charge is 0.262 e. The van der Waals surface area contributed by atoms with E-state index in [1.54, 1.807) is 0 Å². The van der Waals surface area contributed by atoms with Gasteiger partial charge in [-0.15, -0.1) is 11.3 Å². The Kier molecular flexibility index (Phi) is 5.05. The summed E-state index contributed by atoms with van der Waals surface area (Å²) in [6, 6.07) is 20.0. The maximum Gasteiger partial charge on any atom is 0.262 e. The summed E-state index contributed by atoms with van der Waals surface area (Å²) in [6.45, 7) is 6.40. The summed E-state index contributed by atoms with van der Waals surface area (Å²) in [7, 11) is 0. The van der Waals surface area contributed by atoms with Crippen LogP contribution in [-0.2, 0) is 6.54 Å². The summed E-state index contributed by atoms with van der Waals surface area (Å²) in [4.78, 5) is 3.79. The van der Waals surface area contributed by atoms with Gasteiger partial charge in [0.05, 0.1) is 16.1 Å². The van der Waals surface area contributed by atoms with Gasteiger partial charge in [0.1, 0.15) is 11.2 Å². The number of hydrogen-bond acceptors (Lipinski definition) is 4. The lowest BCUT2D eigenvalue weighted by molar-refractivity contribution is -0.664. The Morgan fingerprint density at radius 2 is 1.81 bits per heavy atom. The van der Waals surface area contributed by atoms with E-state index in [0.29, 0.717) is 0 Å². The van der Waals surface area contributed by atoms with Crippen molar-refractivity contribution in [3.63, 3.8) is 0 Å². The van der Waals surface area contributed by atoms with Crippen molar-refractivity contribution in [2.24, 2.45) is 0 Å². The number of rotatable bonds is 4. The first-order valence-electron chi connectivity index (χ1n) is 11.0. The fourth-order valence-corrected chi connectivity index (χ4v) is 7.71. The Labute approximate surface area is 200 Å². The van der Waals surface area contributed by atoms with Gasteiger partial charge in [0, 0.05) is 27.6 Å². The molecule has 1 aliphatic rings. The maximum absolute atomic E-state index is 2.45. The predicted molar refractivity (Wildman–Crippen MR) is 143 cm³/mol. The van der Waals surface area contributed by atoms with Gasteiger partial charge in [0.2, 0.25) is 5.52 Å². The minimum atomic E-state index is 0.960. The molecule has 0 saturated carbocycles. The van der Waals surface area contributed by atoms with Crippen LogP contribution in [-0.4, -0.2) is 6.54 Å². The molecule has 0 unspecified atom stereocenters. The summed E-state index contributed by atoms with van der Waals surface area (Å²) in [6.07, 6.45) is 6.77. The molecule has 1 aliphatic heterocycles. The third kappa shape index (κ3) is 3.11. The van der Waals surface area contributed by atoms with Gasteiger partial charge in [0.25, 0.3) is 5.01 Å². The second-order valence-electron chi connectivity index (χ2n) is 7.77. The number of benzene rings is 3. The molecule has 0 aliphatic carbocycles.